The fourth-order valence-corrected chi connectivity index (χ4v) is 2.42. The summed E-state index contributed by atoms with van der Waals surface area (Å²) in [6.07, 6.45) is 1.92. The summed E-state index contributed by atoms with van der Waals surface area (Å²) in [4.78, 5) is 14.7. The van der Waals surface area contributed by atoms with Gasteiger partial charge in [-0.2, -0.15) is 0 Å². The molecule has 0 fully saturated rings. The fraction of sp³-hybridized carbons (Fsp3) is 0.588. The van der Waals surface area contributed by atoms with Crippen molar-refractivity contribution in [1.29, 1.82) is 0 Å². The Labute approximate surface area is 123 Å². The minimum Gasteiger partial charge on any atom is -0.354 e. The highest BCUT2D eigenvalue weighted by molar-refractivity contribution is 5.83. The second-order valence-corrected chi connectivity index (χ2v) is 5.07. The van der Waals surface area contributed by atoms with Crippen LogP contribution < -0.4 is 5.32 Å². The van der Waals surface area contributed by atoms with Crippen molar-refractivity contribution in [3.05, 3.63) is 35.9 Å². The molecule has 1 amide bonds. The van der Waals surface area contributed by atoms with Crippen LogP contribution in [-0.4, -0.2) is 37.0 Å². The molecule has 1 N–H and O–H groups in total. The Bertz CT molecular complexity index is 374. The minimum atomic E-state index is -0.0158. The van der Waals surface area contributed by atoms with E-state index in [4.69, 9.17) is 0 Å². The van der Waals surface area contributed by atoms with Crippen LogP contribution in [0.5, 0.6) is 0 Å². The van der Waals surface area contributed by atoms with Gasteiger partial charge in [0, 0.05) is 13.1 Å². The lowest BCUT2D eigenvalue weighted by Crippen LogP contribution is -2.37. The zero-order valence-corrected chi connectivity index (χ0v) is 13.1. The van der Waals surface area contributed by atoms with Crippen molar-refractivity contribution >= 4 is 5.91 Å². The van der Waals surface area contributed by atoms with E-state index in [0.717, 1.165) is 44.6 Å². The Morgan fingerprint density at radius 2 is 1.80 bits per heavy atom. The predicted octanol–water partition coefficient (Wildman–Crippen LogP) is 3.03. The first kappa shape index (κ1) is 16.7. The first-order valence-electron chi connectivity index (χ1n) is 7.77. The molecule has 0 radical (unpaired) electrons. The van der Waals surface area contributed by atoms with Gasteiger partial charge in [0.1, 0.15) is 0 Å². The molecule has 0 bridgehead atoms. The van der Waals surface area contributed by atoms with Crippen molar-refractivity contribution in [3.63, 3.8) is 0 Å². The molecule has 0 heterocycles. The zero-order valence-electron chi connectivity index (χ0n) is 13.1. The highest BCUT2D eigenvalue weighted by atomic mass is 16.1. The Balaban J connectivity index is 2.53. The lowest BCUT2D eigenvalue weighted by Gasteiger charge is -2.20. The number of amides is 1. The number of carbonyl (C=O) groups excluding carboxylic acids is 1. The molecule has 1 atom stereocenters. The Kier molecular flexibility index (Phi) is 7.97. The van der Waals surface area contributed by atoms with Crippen molar-refractivity contribution < 1.29 is 4.79 Å². The highest BCUT2D eigenvalue weighted by Crippen LogP contribution is 2.21. The van der Waals surface area contributed by atoms with E-state index < -0.39 is 0 Å². The molecular formula is C17H28N2O. The largest absolute Gasteiger partial charge is 0.354 e. The molecule has 0 aliphatic rings. The smallest absolute Gasteiger partial charge is 0.227 e. The van der Waals surface area contributed by atoms with E-state index in [0.29, 0.717) is 0 Å². The van der Waals surface area contributed by atoms with Crippen molar-refractivity contribution in [3.8, 4) is 0 Å². The molecule has 1 unspecified atom stereocenters. The second-order valence-electron chi connectivity index (χ2n) is 5.07. The van der Waals surface area contributed by atoms with Crippen molar-refractivity contribution in [1.82, 2.24) is 10.2 Å². The van der Waals surface area contributed by atoms with Crippen LogP contribution in [0.25, 0.3) is 0 Å². The molecule has 1 aromatic rings. The number of rotatable bonds is 9. The molecule has 0 aliphatic carbocycles. The first-order chi connectivity index (χ1) is 9.72. The topological polar surface area (TPSA) is 32.3 Å². The third-order valence-electron chi connectivity index (χ3n) is 3.72. The van der Waals surface area contributed by atoms with E-state index in [1.165, 1.54) is 0 Å². The molecule has 0 saturated carbocycles. The summed E-state index contributed by atoms with van der Waals surface area (Å²) in [5.74, 6) is 0.142. The van der Waals surface area contributed by atoms with Gasteiger partial charge in [-0.3, -0.25) is 4.79 Å². The molecule has 3 nitrogen and oxygen atoms in total. The van der Waals surface area contributed by atoms with Crippen LogP contribution in [0.2, 0.25) is 0 Å². The second kappa shape index (κ2) is 9.54. The van der Waals surface area contributed by atoms with Gasteiger partial charge in [0.25, 0.3) is 0 Å². The average Bonchev–Trinajstić information content (AvgIpc) is 2.50. The Morgan fingerprint density at radius 1 is 1.15 bits per heavy atom. The Hall–Kier alpha value is -1.35. The van der Waals surface area contributed by atoms with Crippen LogP contribution in [0, 0.1) is 0 Å². The predicted molar refractivity (Wildman–Crippen MR) is 84.9 cm³/mol. The van der Waals surface area contributed by atoms with Gasteiger partial charge in [-0.1, -0.05) is 57.5 Å². The molecule has 20 heavy (non-hydrogen) atoms. The molecule has 0 spiro atoms. The monoisotopic (exact) mass is 276 g/mol. The number of nitrogens with zero attached hydrogens (tertiary/aromatic N) is 1. The van der Waals surface area contributed by atoms with E-state index in [-0.39, 0.29) is 11.8 Å². The third-order valence-corrected chi connectivity index (χ3v) is 3.72. The molecule has 1 rings (SSSR count). The quantitative estimate of drug-likeness (QED) is 0.752. The van der Waals surface area contributed by atoms with Gasteiger partial charge < -0.3 is 10.2 Å². The zero-order chi connectivity index (χ0) is 14.8. The van der Waals surface area contributed by atoms with E-state index >= 15 is 0 Å². The maximum Gasteiger partial charge on any atom is 0.227 e. The number of carbonyl (C=O) groups is 1. The van der Waals surface area contributed by atoms with Crippen molar-refractivity contribution in [2.24, 2.45) is 0 Å². The lowest BCUT2D eigenvalue weighted by atomic mass is 9.94. The lowest BCUT2D eigenvalue weighted by molar-refractivity contribution is -0.122. The molecule has 0 saturated heterocycles. The number of nitrogens with one attached hydrogen (secondary N) is 1. The third kappa shape index (κ3) is 5.33. The van der Waals surface area contributed by atoms with E-state index in [1.54, 1.807) is 0 Å². The maximum absolute atomic E-state index is 12.4. The van der Waals surface area contributed by atoms with Crippen LogP contribution in [0.1, 0.15) is 45.1 Å². The van der Waals surface area contributed by atoms with Gasteiger partial charge in [-0.15, -0.1) is 0 Å². The fourth-order valence-electron chi connectivity index (χ4n) is 2.42. The Morgan fingerprint density at radius 3 is 2.35 bits per heavy atom. The number of hydrogen-bond acceptors (Lipinski definition) is 2. The SMILES string of the molecule is CCCC(C(=O)NCCN(CC)CC)c1ccccc1. The first-order valence-corrected chi connectivity index (χ1v) is 7.77. The summed E-state index contributed by atoms with van der Waals surface area (Å²) >= 11 is 0. The summed E-state index contributed by atoms with van der Waals surface area (Å²) in [7, 11) is 0. The van der Waals surface area contributed by atoms with Gasteiger partial charge >= 0.3 is 0 Å². The van der Waals surface area contributed by atoms with Crippen LogP contribution >= 0.6 is 0 Å². The van der Waals surface area contributed by atoms with Crippen molar-refractivity contribution in [2.45, 2.75) is 39.5 Å². The van der Waals surface area contributed by atoms with E-state index in [2.05, 4.69) is 31.0 Å². The maximum atomic E-state index is 12.4. The van der Waals surface area contributed by atoms with Gasteiger partial charge in [0.05, 0.1) is 5.92 Å². The van der Waals surface area contributed by atoms with E-state index in [1.807, 2.05) is 30.3 Å². The standard InChI is InChI=1S/C17H28N2O/c1-4-10-16(15-11-8-7-9-12-15)17(20)18-13-14-19(5-2)6-3/h7-9,11-12,16H,4-6,10,13-14H2,1-3H3,(H,18,20). The summed E-state index contributed by atoms with van der Waals surface area (Å²) in [5, 5.41) is 3.08. The number of hydrogen-bond donors (Lipinski definition) is 1. The number of benzene rings is 1. The molecule has 1 aromatic carbocycles. The summed E-state index contributed by atoms with van der Waals surface area (Å²) in [6.45, 7) is 10.1. The normalized spacial score (nSPS) is 12.4. The number of likely N-dealkylation sites (N-methyl/N-ethyl adjacent to an activating group) is 1. The summed E-state index contributed by atoms with van der Waals surface area (Å²) < 4.78 is 0. The van der Waals surface area contributed by atoms with Crippen LogP contribution in [-0.2, 0) is 4.79 Å². The summed E-state index contributed by atoms with van der Waals surface area (Å²) in [5.41, 5.74) is 1.12. The molecule has 3 heteroatoms. The molecular weight excluding hydrogens is 248 g/mol. The van der Waals surface area contributed by atoms with E-state index in [9.17, 15) is 4.79 Å². The minimum absolute atomic E-state index is 0.0158. The van der Waals surface area contributed by atoms with Gasteiger partial charge in [-0.25, -0.2) is 0 Å². The molecule has 0 aromatic heterocycles. The average molecular weight is 276 g/mol. The molecule has 112 valence electrons. The van der Waals surface area contributed by atoms with Crippen LogP contribution in [0.3, 0.4) is 0 Å². The van der Waals surface area contributed by atoms with Gasteiger partial charge in [0.15, 0.2) is 0 Å². The van der Waals surface area contributed by atoms with Crippen LogP contribution in [0.4, 0.5) is 0 Å². The highest BCUT2D eigenvalue weighted by Gasteiger charge is 2.18. The summed E-state index contributed by atoms with van der Waals surface area (Å²) in [6, 6.07) is 10.1. The molecule has 0 aliphatic heterocycles. The van der Waals surface area contributed by atoms with Crippen molar-refractivity contribution in [2.75, 3.05) is 26.2 Å². The van der Waals surface area contributed by atoms with Gasteiger partial charge in [-0.05, 0) is 25.1 Å². The van der Waals surface area contributed by atoms with Crippen LogP contribution in [0.15, 0.2) is 30.3 Å². The van der Waals surface area contributed by atoms with Gasteiger partial charge in [0.2, 0.25) is 5.91 Å².